The smallest absolute Gasteiger partial charge is 0.261 e. The maximum Gasteiger partial charge on any atom is 0.261 e. The first-order valence-corrected chi connectivity index (χ1v) is 6.97. The molecule has 1 amide bonds. The lowest BCUT2D eigenvalue weighted by Crippen LogP contribution is -2.25. The van der Waals surface area contributed by atoms with E-state index in [2.05, 4.69) is 15.3 Å². The fourth-order valence-electron chi connectivity index (χ4n) is 1.78. The van der Waals surface area contributed by atoms with Crippen molar-refractivity contribution in [3.63, 3.8) is 0 Å². The number of hydrogen-bond acceptors (Lipinski definition) is 3. The van der Waals surface area contributed by atoms with Gasteiger partial charge in [0.2, 0.25) is 0 Å². The van der Waals surface area contributed by atoms with Crippen molar-refractivity contribution in [2.75, 3.05) is 0 Å². The normalized spacial score (nSPS) is 11.4. The van der Waals surface area contributed by atoms with Crippen molar-refractivity contribution in [2.24, 2.45) is 5.11 Å². The lowest BCUT2D eigenvalue weighted by molar-refractivity contribution is 0.0944. The zero-order chi connectivity index (χ0) is 14.4. The van der Waals surface area contributed by atoms with E-state index >= 15 is 0 Å². The summed E-state index contributed by atoms with van der Waals surface area (Å²) in [6.45, 7) is 2.23. The summed E-state index contributed by atoms with van der Waals surface area (Å²) < 4.78 is 0. The van der Waals surface area contributed by atoms with Gasteiger partial charge in [0.15, 0.2) is 0 Å². The fourth-order valence-corrected chi connectivity index (χ4v) is 2.61. The first-order chi connectivity index (χ1) is 9.70. The summed E-state index contributed by atoms with van der Waals surface area (Å²) >= 11 is 1.34. The number of azide groups is 1. The van der Waals surface area contributed by atoms with E-state index in [1.807, 2.05) is 37.3 Å². The Morgan fingerprint density at radius 2 is 2.10 bits per heavy atom. The molecule has 1 N–H and O–H groups in total. The van der Waals surface area contributed by atoms with Crippen LogP contribution in [-0.4, -0.2) is 5.91 Å². The van der Waals surface area contributed by atoms with E-state index < -0.39 is 0 Å². The van der Waals surface area contributed by atoms with Crippen molar-refractivity contribution in [2.45, 2.75) is 19.5 Å². The highest BCUT2D eigenvalue weighted by molar-refractivity contribution is 7.14. The number of thiophene rings is 1. The van der Waals surface area contributed by atoms with Gasteiger partial charge in [0, 0.05) is 9.79 Å². The topological polar surface area (TPSA) is 77.9 Å². The standard InChI is InChI=1S/C14H14N4OS/c1-10(11-5-3-2-4-6-11)17-14(19)13-8-7-12(20-13)9-16-18-15/h2-8,10H,9H2,1H3,(H,17,19)/t10-/m1/s1. The van der Waals surface area contributed by atoms with Crippen LogP contribution in [0.4, 0.5) is 0 Å². The van der Waals surface area contributed by atoms with Gasteiger partial charge < -0.3 is 5.32 Å². The Balaban J connectivity index is 2.01. The van der Waals surface area contributed by atoms with Gasteiger partial charge >= 0.3 is 0 Å². The van der Waals surface area contributed by atoms with Crippen LogP contribution in [0.1, 0.15) is 33.1 Å². The van der Waals surface area contributed by atoms with Crippen molar-refractivity contribution in [3.05, 3.63) is 68.2 Å². The molecule has 102 valence electrons. The van der Waals surface area contributed by atoms with E-state index in [1.54, 1.807) is 12.1 Å². The predicted molar refractivity (Wildman–Crippen MR) is 79.5 cm³/mol. The van der Waals surface area contributed by atoms with Gasteiger partial charge in [-0.25, -0.2) is 0 Å². The van der Waals surface area contributed by atoms with Gasteiger partial charge in [0.25, 0.3) is 5.91 Å². The second-order valence-corrected chi connectivity index (χ2v) is 5.43. The molecular weight excluding hydrogens is 272 g/mol. The summed E-state index contributed by atoms with van der Waals surface area (Å²) in [4.78, 5) is 16.3. The number of benzene rings is 1. The molecule has 0 saturated carbocycles. The molecule has 1 aromatic heterocycles. The quantitative estimate of drug-likeness (QED) is 0.502. The highest BCUT2D eigenvalue weighted by Gasteiger charge is 2.13. The van der Waals surface area contributed by atoms with E-state index in [4.69, 9.17) is 5.53 Å². The van der Waals surface area contributed by atoms with Crippen LogP contribution in [-0.2, 0) is 6.54 Å². The number of carbonyl (C=O) groups excluding carboxylic acids is 1. The number of hydrogen-bond donors (Lipinski definition) is 1. The van der Waals surface area contributed by atoms with E-state index in [-0.39, 0.29) is 18.5 Å². The van der Waals surface area contributed by atoms with Crippen molar-refractivity contribution in [1.82, 2.24) is 5.32 Å². The maximum atomic E-state index is 12.1. The molecule has 0 unspecified atom stereocenters. The second-order valence-electron chi connectivity index (χ2n) is 4.26. The lowest BCUT2D eigenvalue weighted by atomic mass is 10.1. The summed E-state index contributed by atoms with van der Waals surface area (Å²) in [5, 5.41) is 6.43. The van der Waals surface area contributed by atoms with Crippen LogP contribution in [0.2, 0.25) is 0 Å². The first kappa shape index (κ1) is 14.1. The molecule has 1 aromatic carbocycles. The molecular formula is C14H14N4OS. The number of nitrogens with zero attached hydrogens (tertiary/aromatic N) is 3. The summed E-state index contributed by atoms with van der Waals surface area (Å²) in [5.41, 5.74) is 9.33. The summed E-state index contributed by atoms with van der Waals surface area (Å²) in [6, 6.07) is 13.3. The van der Waals surface area contributed by atoms with Crippen LogP contribution in [0.15, 0.2) is 47.6 Å². The lowest BCUT2D eigenvalue weighted by Gasteiger charge is -2.13. The summed E-state index contributed by atoms with van der Waals surface area (Å²) in [5.74, 6) is -0.112. The van der Waals surface area contributed by atoms with Crippen LogP contribution >= 0.6 is 11.3 Å². The Hall–Kier alpha value is -2.30. The number of carbonyl (C=O) groups is 1. The molecule has 6 heteroatoms. The summed E-state index contributed by atoms with van der Waals surface area (Å²) in [6.07, 6.45) is 0. The van der Waals surface area contributed by atoms with Gasteiger partial charge in [-0.05, 0) is 30.2 Å². The van der Waals surface area contributed by atoms with Crippen LogP contribution in [0.3, 0.4) is 0 Å². The molecule has 0 fully saturated rings. The molecule has 1 heterocycles. The highest BCUT2D eigenvalue weighted by Crippen LogP contribution is 2.19. The van der Waals surface area contributed by atoms with Gasteiger partial charge in [-0.15, -0.1) is 11.3 Å². The van der Waals surface area contributed by atoms with Gasteiger partial charge in [-0.3, -0.25) is 4.79 Å². The zero-order valence-corrected chi connectivity index (χ0v) is 11.8. The Morgan fingerprint density at radius 3 is 2.80 bits per heavy atom. The fraction of sp³-hybridized carbons (Fsp3) is 0.214. The minimum absolute atomic E-state index is 0.0496. The first-order valence-electron chi connectivity index (χ1n) is 6.16. The van der Waals surface area contributed by atoms with Crippen molar-refractivity contribution in [3.8, 4) is 0 Å². The van der Waals surface area contributed by atoms with Gasteiger partial charge in [-0.1, -0.05) is 35.4 Å². The Morgan fingerprint density at radius 1 is 1.35 bits per heavy atom. The number of rotatable bonds is 5. The maximum absolute atomic E-state index is 12.1. The molecule has 2 aromatic rings. The SMILES string of the molecule is C[C@@H](NC(=O)c1ccc(CN=[N+]=[N-])s1)c1ccccc1. The molecule has 1 atom stereocenters. The number of nitrogens with one attached hydrogen (secondary N) is 1. The van der Waals surface area contributed by atoms with Crippen molar-refractivity contribution in [1.29, 1.82) is 0 Å². The molecule has 2 rings (SSSR count). The molecule has 0 saturated heterocycles. The van der Waals surface area contributed by atoms with E-state index in [0.717, 1.165) is 10.4 Å². The van der Waals surface area contributed by atoms with Crippen LogP contribution in [0.5, 0.6) is 0 Å². The predicted octanol–water partition coefficient (Wildman–Crippen LogP) is 4.05. The Bertz CT molecular complexity index is 632. The molecule has 0 spiro atoms. The third-order valence-electron chi connectivity index (χ3n) is 2.82. The largest absolute Gasteiger partial charge is 0.345 e. The van der Waals surface area contributed by atoms with Gasteiger partial charge in [0.1, 0.15) is 0 Å². The van der Waals surface area contributed by atoms with Crippen LogP contribution in [0, 0.1) is 0 Å². The Labute approximate surface area is 120 Å². The van der Waals surface area contributed by atoms with Gasteiger partial charge in [-0.2, -0.15) is 0 Å². The summed E-state index contributed by atoms with van der Waals surface area (Å²) in [7, 11) is 0. The number of amides is 1. The molecule has 0 bridgehead atoms. The molecule has 20 heavy (non-hydrogen) atoms. The molecule has 0 aliphatic heterocycles. The van der Waals surface area contributed by atoms with E-state index in [0.29, 0.717) is 4.88 Å². The molecule has 0 aliphatic rings. The molecule has 5 nitrogen and oxygen atoms in total. The average molecular weight is 286 g/mol. The minimum Gasteiger partial charge on any atom is -0.345 e. The Kier molecular flexibility index (Phi) is 4.76. The average Bonchev–Trinajstić information content (AvgIpc) is 2.95. The van der Waals surface area contributed by atoms with Crippen LogP contribution < -0.4 is 5.32 Å². The highest BCUT2D eigenvalue weighted by atomic mass is 32.1. The van der Waals surface area contributed by atoms with Crippen molar-refractivity contribution < 1.29 is 4.79 Å². The third-order valence-corrected chi connectivity index (χ3v) is 3.89. The van der Waals surface area contributed by atoms with Gasteiger partial charge in [0.05, 0.1) is 17.5 Å². The third kappa shape index (κ3) is 3.60. The second kappa shape index (κ2) is 6.75. The van der Waals surface area contributed by atoms with Crippen molar-refractivity contribution >= 4 is 17.2 Å². The molecule has 0 aliphatic carbocycles. The molecule has 0 radical (unpaired) electrons. The minimum atomic E-state index is -0.112. The van der Waals surface area contributed by atoms with E-state index in [1.165, 1.54) is 11.3 Å². The zero-order valence-electron chi connectivity index (χ0n) is 11.0. The van der Waals surface area contributed by atoms with Crippen LogP contribution in [0.25, 0.3) is 10.4 Å². The monoisotopic (exact) mass is 286 g/mol. The van der Waals surface area contributed by atoms with E-state index in [9.17, 15) is 4.79 Å².